The van der Waals surface area contributed by atoms with Crippen LogP contribution < -0.4 is 11.1 Å². The first-order valence-corrected chi connectivity index (χ1v) is 7.42. The Hall–Kier alpha value is -1.50. The van der Waals surface area contributed by atoms with Gasteiger partial charge in [0.25, 0.3) is 0 Å². The van der Waals surface area contributed by atoms with Gasteiger partial charge >= 0.3 is 6.03 Å². The molecule has 0 aromatic carbocycles. The lowest BCUT2D eigenvalue weighted by Gasteiger charge is -2.39. The molecule has 7 nitrogen and oxygen atoms in total. The van der Waals surface area contributed by atoms with Crippen LogP contribution in [0, 0.1) is 0 Å². The lowest BCUT2D eigenvalue weighted by molar-refractivity contribution is 0.120. The molecule has 0 bridgehead atoms. The third-order valence-corrected chi connectivity index (χ3v) is 4.32. The van der Waals surface area contributed by atoms with Crippen molar-refractivity contribution in [3.63, 3.8) is 0 Å². The van der Waals surface area contributed by atoms with E-state index in [0.717, 1.165) is 32.4 Å². The summed E-state index contributed by atoms with van der Waals surface area (Å²) >= 11 is 0. The Bertz CT molecular complexity index is 362. The molecular weight excluding hydrogens is 258 g/mol. The van der Waals surface area contributed by atoms with Gasteiger partial charge in [0.1, 0.15) is 0 Å². The first-order chi connectivity index (χ1) is 9.65. The highest BCUT2D eigenvalue weighted by molar-refractivity contribution is 5.85. The molecule has 2 aliphatic rings. The maximum absolute atomic E-state index is 12.0. The molecule has 1 saturated carbocycles. The lowest BCUT2D eigenvalue weighted by atomic mass is 9.93. The van der Waals surface area contributed by atoms with E-state index in [0.29, 0.717) is 19.1 Å². The van der Waals surface area contributed by atoms with Gasteiger partial charge in [-0.25, -0.2) is 4.79 Å². The van der Waals surface area contributed by atoms with Crippen molar-refractivity contribution in [2.45, 2.75) is 44.7 Å². The second kappa shape index (κ2) is 6.78. The van der Waals surface area contributed by atoms with Crippen molar-refractivity contribution < 1.29 is 10.0 Å². The predicted octanol–water partition coefficient (Wildman–Crippen LogP) is 0.391. The number of oxime groups is 1. The summed E-state index contributed by atoms with van der Waals surface area (Å²) in [6.07, 6.45) is 4.22. The number of nitrogens with zero attached hydrogens (tertiary/aromatic N) is 3. The number of nitrogens with one attached hydrogen (secondary N) is 1. The van der Waals surface area contributed by atoms with Crippen molar-refractivity contribution in [1.29, 1.82) is 0 Å². The van der Waals surface area contributed by atoms with E-state index < -0.39 is 0 Å². The zero-order valence-electron chi connectivity index (χ0n) is 12.1. The van der Waals surface area contributed by atoms with E-state index in [4.69, 9.17) is 10.9 Å². The third kappa shape index (κ3) is 3.33. The molecule has 2 rings (SSSR count). The van der Waals surface area contributed by atoms with Gasteiger partial charge in [-0.2, -0.15) is 0 Å². The van der Waals surface area contributed by atoms with E-state index in [1.54, 1.807) is 0 Å². The number of piperazine rings is 1. The van der Waals surface area contributed by atoms with Gasteiger partial charge in [-0.1, -0.05) is 12.1 Å². The molecule has 1 aliphatic carbocycles. The number of hydrogen-bond donors (Lipinski definition) is 3. The van der Waals surface area contributed by atoms with Gasteiger partial charge in [-0.05, 0) is 25.7 Å². The SMILES string of the molecule is CCC(C(N)=NO)N1CCN(C(=O)NC2CCC2)CC1. The van der Waals surface area contributed by atoms with Crippen LogP contribution in [0.1, 0.15) is 32.6 Å². The van der Waals surface area contributed by atoms with Crippen LogP contribution in [-0.2, 0) is 0 Å². The maximum atomic E-state index is 12.0. The van der Waals surface area contributed by atoms with Crippen LogP contribution in [0.25, 0.3) is 0 Å². The van der Waals surface area contributed by atoms with E-state index in [-0.39, 0.29) is 17.9 Å². The average molecular weight is 283 g/mol. The highest BCUT2D eigenvalue weighted by Crippen LogP contribution is 2.18. The third-order valence-electron chi connectivity index (χ3n) is 4.32. The molecule has 0 spiro atoms. The average Bonchev–Trinajstić information content (AvgIpc) is 2.44. The van der Waals surface area contributed by atoms with Crippen LogP contribution in [0.3, 0.4) is 0 Å². The minimum atomic E-state index is -0.0446. The number of carbonyl (C=O) groups excluding carboxylic acids is 1. The Kier molecular flexibility index (Phi) is 5.05. The van der Waals surface area contributed by atoms with Crippen molar-refractivity contribution >= 4 is 11.9 Å². The smallest absolute Gasteiger partial charge is 0.317 e. The van der Waals surface area contributed by atoms with Gasteiger partial charge in [0.15, 0.2) is 5.84 Å². The minimum Gasteiger partial charge on any atom is -0.409 e. The molecular formula is C13H25N5O2. The van der Waals surface area contributed by atoms with E-state index in [9.17, 15) is 4.79 Å². The van der Waals surface area contributed by atoms with Crippen LogP contribution in [0.15, 0.2) is 5.16 Å². The van der Waals surface area contributed by atoms with Crippen molar-refractivity contribution in [2.75, 3.05) is 26.2 Å². The molecule has 0 aromatic heterocycles. The second-order valence-electron chi connectivity index (χ2n) is 5.55. The first kappa shape index (κ1) is 14.9. The summed E-state index contributed by atoms with van der Waals surface area (Å²) in [5.74, 6) is 0.250. The molecule has 2 fully saturated rings. The summed E-state index contributed by atoms with van der Waals surface area (Å²) < 4.78 is 0. The second-order valence-corrected chi connectivity index (χ2v) is 5.55. The topological polar surface area (TPSA) is 94.2 Å². The zero-order chi connectivity index (χ0) is 14.5. The predicted molar refractivity (Wildman–Crippen MR) is 76.8 cm³/mol. The zero-order valence-corrected chi connectivity index (χ0v) is 12.1. The fraction of sp³-hybridized carbons (Fsp3) is 0.846. The summed E-state index contributed by atoms with van der Waals surface area (Å²) in [6.45, 7) is 4.90. The van der Waals surface area contributed by atoms with Crippen LogP contribution in [-0.4, -0.2) is 65.1 Å². The summed E-state index contributed by atoms with van der Waals surface area (Å²) in [5, 5.41) is 15.0. The fourth-order valence-corrected chi connectivity index (χ4v) is 2.78. The number of carbonyl (C=O) groups is 1. The molecule has 1 saturated heterocycles. The number of amides is 2. The molecule has 1 atom stereocenters. The largest absolute Gasteiger partial charge is 0.409 e. The normalized spacial score (nSPS) is 23.2. The molecule has 1 aliphatic heterocycles. The molecule has 4 N–H and O–H groups in total. The van der Waals surface area contributed by atoms with Crippen molar-refractivity contribution in [3.05, 3.63) is 0 Å². The van der Waals surface area contributed by atoms with Crippen molar-refractivity contribution in [1.82, 2.24) is 15.1 Å². The maximum Gasteiger partial charge on any atom is 0.317 e. The minimum absolute atomic E-state index is 0.0446. The highest BCUT2D eigenvalue weighted by Gasteiger charge is 2.29. The van der Waals surface area contributed by atoms with Gasteiger partial charge in [-0.3, -0.25) is 4.90 Å². The van der Waals surface area contributed by atoms with Gasteiger partial charge in [0.05, 0.1) is 6.04 Å². The van der Waals surface area contributed by atoms with Crippen molar-refractivity contribution in [3.8, 4) is 0 Å². The monoisotopic (exact) mass is 283 g/mol. The fourth-order valence-electron chi connectivity index (χ4n) is 2.78. The van der Waals surface area contributed by atoms with Crippen LogP contribution in [0.5, 0.6) is 0 Å². The Morgan fingerprint density at radius 3 is 2.50 bits per heavy atom. The summed E-state index contributed by atoms with van der Waals surface area (Å²) in [6, 6.07) is 0.379. The van der Waals surface area contributed by atoms with E-state index in [1.165, 1.54) is 6.42 Å². The van der Waals surface area contributed by atoms with Crippen LogP contribution in [0.2, 0.25) is 0 Å². The molecule has 1 heterocycles. The molecule has 0 aromatic rings. The summed E-state index contributed by atoms with van der Waals surface area (Å²) in [4.78, 5) is 16.1. The number of rotatable bonds is 4. The lowest BCUT2D eigenvalue weighted by Crippen LogP contribution is -2.57. The molecule has 0 radical (unpaired) electrons. The molecule has 20 heavy (non-hydrogen) atoms. The highest BCUT2D eigenvalue weighted by atomic mass is 16.4. The Labute approximate surface area is 119 Å². The van der Waals surface area contributed by atoms with E-state index >= 15 is 0 Å². The molecule has 1 unspecified atom stereocenters. The quantitative estimate of drug-likeness (QED) is 0.301. The van der Waals surface area contributed by atoms with Gasteiger partial charge in [0, 0.05) is 32.2 Å². The number of urea groups is 1. The number of nitrogens with two attached hydrogens (primary N) is 1. The standard InChI is InChI=1S/C13H25N5O2/c1-2-11(12(14)16-20)17-6-8-18(9-7-17)13(19)15-10-4-3-5-10/h10-11,20H,2-9H2,1H3,(H2,14,16)(H,15,19). The Balaban J connectivity index is 1.80. The van der Waals surface area contributed by atoms with E-state index in [1.807, 2.05) is 11.8 Å². The molecule has 2 amide bonds. The Morgan fingerprint density at radius 2 is 2.05 bits per heavy atom. The van der Waals surface area contributed by atoms with E-state index in [2.05, 4.69) is 15.4 Å². The Morgan fingerprint density at radius 1 is 1.40 bits per heavy atom. The molecule has 7 heteroatoms. The first-order valence-electron chi connectivity index (χ1n) is 7.42. The molecule has 114 valence electrons. The van der Waals surface area contributed by atoms with Crippen LogP contribution >= 0.6 is 0 Å². The van der Waals surface area contributed by atoms with Gasteiger partial charge in [0.2, 0.25) is 0 Å². The summed E-state index contributed by atoms with van der Waals surface area (Å²) in [7, 11) is 0. The number of hydrogen-bond acceptors (Lipinski definition) is 4. The summed E-state index contributed by atoms with van der Waals surface area (Å²) in [5.41, 5.74) is 5.71. The number of amidine groups is 1. The van der Waals surface area contributed by atoms with Crippen molar-refractivity contribution in [2.24, 2.45) is 10.9 Å². The van der Waals surface area contributed by atoms with Gasteiger partial charge < -0.3 is 21.2 Å². The van der Waals surface area contributed by atoms with Crippen LogP contribution in [0.4, 0.5) is 4.79 Å². The van der Waals surface area contributed by atoms with Gasteiger partial charge in [-0.15, -0.1) is 0 Å².